The summed E-state index contributed by atoms with van der Waals surface area (Å²) < 4.78 is 0. The summed E-state index contributed by atoms with van der Waals surface area (Å²) in [6, 6.07) is 5.83. The normalized spacial score (nSPS) is 16.0. The molecule has 1 aromatic rings. The van der Waals surface area contributed by atoms with E-state index in [0.29, 0.717) is 6.42 Å². The summed E-state index contributed by atoms with van der Waals surface area (Å²) in [7, 11) is 0. The van der Waals surface area contributed by atoms with Crippen molar-refractivity contribution < 1.29 is 4.79 Å². The molecule has 1 aliphatic heterocycles. The van der Waals surface area contributed by atoms with E-state index in [-0.39, 0.29) is 5.91 Å². The number of hydrogen-bond donors (Lipinski definition) is 1. The third kappa shape index (κ3) is 4.63. The highest BCUT2D eigenvalue weighted by Gasteiger charge is 2.18. The number of nitrogens with one attached hydrogen (secondary N) is 1. The van der Waals surface area contributed by atoms with Crippen LogP contribution in [0.4, 0.5) is 11.4 Å². The highest BCUT2D eigenvalue weighted by Crippen LogP contribution is 2.31. The molecular formula is C17H25ClN2O. The average Bonchev–Trinajstić information content (AvgIpc) is 2.46. The van der Waals surface area contributed by atoms with Gasteiger partial charge in [-0.3, -0.25) is 4.79 Å². The molecule has 1 heterocycles. The number of carbonyl (C=O) groups is 1. The van der Waals surface area contributed by atoms with Crippen molar-refractivity contribution in [3.8, 4) is 0 Å². The predicted molar refractivity (Wildman–Crippen MR) is 90.2 cm³/mol. The number of hydrogen-bond acceptors (Lipinski definition) is 2. The smallest absolute Gasteiger partial charge is 0.224 e. The van der Waals surface area contributed by atoms with Crippen LogP contribution < -0.4 is 10.2 Å². The minimum atomic E-state index is 0.0625. The van der Waals surface area contributed by atoms with Gasteiger partial charge < -0.3 is 10.2 Å². The quantitative estimate of drug-likeness (QED) is 0.854. The summed E-state index contributed by atoms with van der Waals surface area (Å²) in [5.41, 5.74) is 1.87. The van der Waals surface area contributed by atoms with Gasteiger partial charge in [0.2, 0.25) is 5.91 Å². The van der Waals surface area contributed by atoms with Crippen molar-refractivity contribution in [1.29, 1.82) is 0 Å². The van der Waals surface area contributed by atoms with Crippen LogP contribution in [0.25, 0.3) is 0 Å². The van der Waals surface area contributed by atoms with Crippen LogP contribution in [0.2, 0.25) is 5.02 Å². The highest BCUT2D eigenvalue weighted by molar-refractivity contribution is 6.33. The Balaban J connectivity index is 1.98. The summed E-state index contributed by atoms with van der Waals surface area (Å²) in [6.45, 7) is 6.50. The molecule has 1 aliphatic rings. The molecule has 0 aromatic heterocycles. The third-order valence-electron chi connectivity index (χ3n) is 4.11. The summed E-state index contributed by atoms with van der Waals surface area (Å²) >= 11 is 6.39. The third-order valence-corrected chi connectivity index (χ3v) is 4.42. The van der Waals surface area contributed by atoms with Crippen molar-refractivity contribution >= 4 is 28.9 Å². The lowest BCUT2D eigenvalue weighted by molar-refractivity contribution is -0.116. The van der Waals surface area contributed by atoms with E-state index in [4.69, 9.17) is 11.6 Å². The van der Waals surface area contributed by atoms with Crippen LogP contribution >= 0.6 is 11.6 Å². The second-order valence-electron chi connectivity index (χ2n) is 5.99. The molecular weight excluding hydrogens is 284 g/mol. The Kier molecular flexibility index (Phi) is 5.92. The van der Waals surface area contributed by atoms with E-state index in [0.717, 1.165) is 48.2 Å². The number of benzene rings is 1. The van der Waals surface area contributed by atoms with Gasteiger partial charge in [-0.2, -0.15) is 0 Å². The molecule has 0 radical (unpaired) electrons. The lowest BCUT2D eigenvalue weighted by atomic mass is 9.99. The van der Waals surface area contributed by atoms with Gasteiger partial charge >= 0.3 is 0 Å². The molecule has 116 valence electrons. The number of anilines is 2. The molecule has 1 aromatic carbocycles. The first-order valence-corrected chi connectivity index (χ1v) is 8.32. The van der Waals surface area contributed by atoms with E-state index >= 15 is 0 Å². The van der Waals surface area contributed by atoms with Crippen LogP contribution in [-0.2, 0) is 4.79 Å². The Bertz CT molecular complexity index is 482. The number of halogens is 1. The van der Waals surface area contributed by atoms with Crippen molar-refractivity contribution in [2.75, 3.05) is 23.3 Å². The van der Waals surface area contributed by atoms with Crippen molar-refractivity contribution in [3.63, 3.8) is 0 Å². The van der Waals surface area contributed by atoms with Crippen molar-refractivity contribution in [3.05, 3.63) is 23.2 Å². The van der Waals surface area contributed by atoms with Gasteiger partial charge in [0, 0.05) is 25.2 Å². The van der Waals surface area contributed by atoms with Gasteiger partial charge in [-0.1, -0.05) is 31.9 Å². The molecule has 2 rings (SSSR count). The molecule has 0 spiro atoms. The fourth-order valence-electron chi connectivity index (χ4n) is 2.65. The summed E-state index contributed by atoms with van der Waals surface area (Å²) in [5, 5.41) is 3.63. The van der Waals surface area contributed by atoms with Gasteiger partial charge in [-0.15, -0.1) is 0 Å². The van der Waals surface area contributed by atoms with Gasteiger partial charge in [0.15, 0.2) is 0 Å². The Morgan fingerprint density at radius 1 is 1.38 bits per heavy atom. The molecule has 1 saturated heterocycles. The number of carbonyl (C=O) groups excluding carboxylic acids is 1. The summed E-state index contributed by atoms with van der Waals surface area (Å²) in [4.78, 5) is 14.1. The van der Waals surface area contributed by atoms with Gasteiger partial charge in [-0.05, 0) is 43.4 Å². The van der Waals surface area contributed by atoms with Crippen LogP contribution in [0.15, 0.2) is 18.2 Å². The average molecular weight is 309 g/mol. The van der Waals surface area contributed by atoms with Gasteiger partial charge in [0.25, 0.3) is 0 Å². The SMILES string of the molecule is CCCCC(=O)Nc1ccc(N2CCC(C)CC2)c(Cl)c1. The zero-order chi connectivity index (χ0) is 15.2. The van der Waals surface area contributed by atoms with E-state index in [1.54, 1.807) is 0 Å². The maximum Gasteiger partial charge on any atom is 0.224 e. The van der Waals surface area contributed by atoms with Crippen molar-refractivity contribution in [1.82, 2.24) is 0 Å². The fourth-order valence-corrected chi connectivity index (χ4v) is 2.95. The second-order valence-corrected chi connectivity index (χ2v) is 6.39. The summed E-state index contributed by atoms with van der Waals surface area (Å²) in [5.74, 6) is 0.865. The molecule has 0 unspecified atom stereocenters. The molecule has 0 saturated carbocycles. The highest BCUT2D eigenvalue weighted by atomic mass is 35.5. The van der Waals surface area contributed by atoms with E-state index in [1.165, 1.54) is 12.8 Å². The maximum absolute atomic E-state index is 11.7. The standard InChI is InChI=1S/C17H25ClN2O/c1-3-4-5-17(21)19-14-6-7-16(15(18)12-14)20-10-8-13(2)9-11-20/h6-7,12-13H,3-5,8-11H2,1-2H3,(H,19,21). The molecule has 21 heavy (non-hydrogen) atoms. The van der Waals surface area contributed by atoms with Crippen LogP contribution in [-0.4, -0.2) is 19.0 Å². The minimum absolute atomic E-state index is 0.0625. The number of piperidine rings is 1. The van der Waals surface area contributed by atoms with Crippen LogP contribution in [0.5, 0.6) is 0 Å². The Morgan fingerprint density at radius 3 is 2.71 bits per heavy atom. The van der Waals surface area contributed by atoms with Gasteiger partial charge in [-0.25, -0.2) is 0 Å². The van der Waals surface area contributed by atoms with Gasteiger partial charge in [0.05, 0.1) is 10.7 Å². The fraction of sp³-hybridized carbons (Fsp3) is 0.588. The Hall–Kier alpha value is -1.22. The van der Waals surface area contributed by atoms with Crippen molar-refractivity contribution in [2.45, 2.75) is 46.0 Å². The molecule has 0 aliphatic carbocycles. The largest absolute Gasteiger partial charge is 0.370 e. The first-order valence-electron chi connectivity index (χ1n) is 7.94. The first-order chi connectivity index (χ1) is 10.1. The lowest BCUT2D eigenvalue weighted by Crippen LogP contribution is -2.32. The molecule has 0 atom stereocenters. The summed E-state index contributed by atoms with van der Waals surface area (Å²) in [6.07, 6.45) is 4.95. The van der Waals surface area contributed by atoms with Gasteiger partial charge in [0.1, 0.15) is 0 Å². The second kappa shape index (κ2) is 7.69. The number of amides is 1. The van der Waals surface area contributed by atoms with Crippen LogP contribution in [0.1, 0.15) is 46.0 Å². The van der Waals surface area contributed by atoms with Crippen LogP contribution in [0.3, 0.4) is 0 Å². The van der Waals surface area contributed by atoms with Crippen molar-refractivity contribution in [2.24, 2.45) is 5.92 Å². The van der Waals surface area contributed by atoms with E-state index in [2.05, 4.69) is 24.1 Å². The van der Waals surface area contributed by atoms with E-state index in [1.807, 2.05) is 18.2 Å². The molecule has 1 N–H and O–H groups in total. The molecule has 1 amide bonds. The molecule has 4 heteroatoms. The maximum atomic E-state index is 11.7. The minimum Gasteiger partial charge on any atom is -0.370 e. The topological polar surface area (TPSA) is 32.3 Å². The Labute approximate surface area is 132 Å². The first kappa shape index (κ1) is 16.2. The Morgan fingerprint density at radius 2 is 2.10 bits per heavy atom. The van der Waals surface area contributed by atoms with E-state index < -0.39 is 0 Å². The lowest BCUT2D eigenvalue weighted by Gasteiger charge is -2.32. The molecule has 1 fully saturated rings. The molecule has 0 bridgehead atoms. The van der Waals surface area contributed by atoms with Crippen LogP contribution in [0, 0.1) is 5.92 Å². The number of unbranched alkanes of at least 4 members (excludes halogenated alkanes) is 1. The molecule has 3 nitrogen and oxygen atoms in total. The number of nitrogens with zero attached hydrogens (tertiary/aromatic N) is 1. The zero-order valence-electron chi connectivity index (χ0n) is 13.0. The monoisotopic (exact) mass is 308 g/mol. The number of rotatable bonds is 5. The van der Waals surface area contributed by atoms with E-state index in [9.17, 15) is 4.79 Å². The zero-order valence-corrected chi connectivity index (χ0v) is 13.7. The predicted octanol–water partition coefficient (Wildman–Crippen LogP) is 4.71.